The van der Waals surface area contributed by atoms with Gasteiger partial charge in [0.15, 0.2) is 0 Å². The summed E-state index contributed by atoms with van der Waals surface area (Å²) in [6.07, 6.45) is -0.880. The van der Waals surface area contributed by atoms with Gasteiger partial charge >= 0.3 is 0 Å². The van der Waals surface area contributed by atoms with E-state index in [9.17, 15) is 9.50 Å². The number of hydrogen-bond acceptors (Lipinski definition) is 2. The van der Waals surface area contributed by atoms with Crippen LogP contribution in [0.3, 0.4) is 0 Å². The Hall–Kier alpha value is -0.910. The Bertz CT molecular complexity index is 644. The fraction of sp³-hybridized carbons (Fsp3) is 0.200. The second-order valence-corrected chi connectivity index (χ2v) is 6.18. The summed E-state index contributed by atoms with van der Waals surface area (Å²) in [5, 5.41) is 10.6. The minimum Gasteiger partial charge on any atom is -0.496 e. The highest BCUT2D eigenvalue weighted by molar-refractivity contribution is 9.10. The molecule has 0 aliphatic rings. The van der Waals surface area contributed by atoms with E-state index in [1.54, 1.807) is 6.07 Å². The van der Waals surface area contributed by atoms with E-state index in [0.717, 1.165) is 15.6 Å². The van der Waals surface area contributed by atoms with Crippen molar-refractivity contribution >= 4 is 31.9 Å². The highest BCUT2D eigenvalue weighted by Crippen LogP contribution is 2.35. The van der Waals surface area contributed by atoms with Crippen molar-refractivity contribution < 1.29 is 14.2 Å². The number of rotatable bonds is 3. The molecule has 2 aromatic rings. The first-order valence-electron chi connectivity index (χ1n) is 5.91. The molecule has 2 aromatic carbocycles. The van der Waals surface area contributed by atoms with E-state index in [-0.39, 0.29) is 0 Å². The smallest absolute Gasteiger partial charge is 0.141 e. The van der Waals surface area contributed by atoms with Crippen LogP contribution in [-0.4, -0.2) is 12.2 Å². The Morgan fingerprint density at radius 2 is 1.85 bits per heavy atom. The van der Waals surface area contributed by atoms with Gasteiger partial charge in [0.1, 0.15) is 17.7 Å². The molecule has 0 amide bonds. The van der Waals surface area contributed by atoms with E-state index >= 15 is 0 Å². The van der Waals surface area contributed by atoms with Crippen LogP contribution in [0.15, 0.2) is 39.3 Å². The van der Waals surface area contributed by atoms with Crippen LogP contribution >= 0.6 is 31.9 Å². The molecule has 0 heterocycles. The molecule has 5 heteroatoms. The summed E-state index contributed by atoms with van der Waals surface area (Å²) in [4.78, 5) is 0. The SMILES string of the molecule is COc1cc(F)c(Br)cc1C(O)c1ccc(Br)cc1C. The molecule has 0 spiro atoms. The number of aliphatic hydroxyl groups is 1. The minimum atomic E-state index is -0.880. The third kappa shape index (κ3) is 3.05. The lowest BCUT2D eigenvalue weighted by Gasteiger charge is -2.18. The predicted octanol–water partition coefficient (Wildman–Crippen LogP) is 4.75. The number of ether oxygens (including phenoxy) is 1. The van der Waals surface area contributed by atoms with Gasteiger partial charge in [-0.1, -0.05) is 22.0 Å². The molecule has 2 nitrogen and oxygen atoms in total. The fourth-order valence-electron chi connectivity index (χ4n) is 2.05. The molecule has 1 unspecified atom stereocenters. The zero-order valence-corrected chi connectivity index (χ0v) is 14.1. The average Bonchev–Trinajstić information content (AvgIpc) is 2.40. The van der Waals surface area contributed by atoms with Gasteiger partial charge in [-0.3, -0.25) is 0 Å². The molecule has 2 rings (SSSR count). The molecule has 0 aliphatic carbocycles. The van der Waals surface area contributed by atoms with Crippen molar-refractivity contribution in [3.05, 3.63) is 61.8 Å². The van der Waals surface area contributed by atoms with Crippen molar-refractivity contribution in [1.29, 1.82) is 0 Å². The Morgan fingerprint density at radius 3 is 2.45 bits per heavy atom. The monoisotopic (exact) mass is 402 g/mol. The van der Waals surface area contributed by atoms with Crippen LogP contribution in [-0.2, 0) is 0 Å². The minimum absolute atomic E-state index is 0.294. The van der Waals surface area contributed by atoms with E-state index in [2.05, 4.69) is 31.9 Å². The second kappa shape index (κ2) is 6.24. The maximum Gasteiger partial charge on any atom is 0.141 e. The molecule has 1 atom stereocenters. The number of hydrogen-bond donors (Lipinski definition) is 1. The van der Waals surface area contributed by atoms with E-state index in [4.69, 9.17) is 4.74 Å². The van der Waals surface area contributed by atoms with Gasteiger partial charge in [0.2, 0.25) is 0 Å². The van der Waals surface area contributed by atoms with E-state index in [0.29, 0.717) is 15.8 Å². The summed E-state index contributed by atoms with van der Waals surface area (Å²) in [6.45, 7) is 1.91. The van der Waals surface area contributed by atoms with Crippen LogP contribution in [0.2, 0.25) is 0 Å². The Morgan fingerprint density at radius 1 is 1.15 bits per heavy atom. The van der Waals surface area contributed by atoms with Crippen molar-refractivity contribution in [2.24, 2.45) is 0 Å². The molecule has 0 saturated carbocycles. The molecule has 0 bridgehead atoms. The quantitative estimate of drug-likeness (QED) is 0.801. The summed E-state index contributed by atoms with van der Waals surface area (Å²) in [5.41, 5.74) is 2.21. The number of benzene rings is 2. The molecule has 20 heavy (non-hydrogen) atoms. The van der Waals surface area contributed by atoms with Crippen LogP contribution in [0, 0.1) is 12.7 Å². The molecular weight excluding hydrogens is 391 g/mol. The van der Waals surface area contributed by atoms with E-state index < -0.39 is 11.9 Å². The third-order valence-electron chi connectivity index (χ3n) is 3.09. The molecular formula is C15H13Br2FO2. The zero-order valence-electron chi connectivity index (χ0n) is 11.0. The van der Waals surface area contributed by atoms with Gasteiger partial charge in [0.05, 0.1) is 11.6 Å². The zero-order chi connectivity index (χ0) is 14.9. The molecule has 0 saturated heterocycles. The summed E-state index contributed by atoms with van der Waals surface area (Å²) in [7, 11) is 1.45. The number of methoxy groups -OCH3 is 1. The first-order chi connectivity index (χ1) is 9.43. The maximum atomic E-state index is 13.5. The lowest BCUT2D eigenvalue weighted by atomic mass is 9.97. The van der Waals surface area contributed by atoms with Gasteiger partial charge < -0.3 is 9.84 Å². The van der Waals surface area contributed by atoms with Gasteiger partial charge in [0.25, 0.3) is 0 Å². The predicted molar refractivity (Wildman–Crippen MR) is 83.6 cm³/mol. The largest absolute Gasteiger partial charge is 0.496 e. The van der Waals surface area contributed by atoms with Crippen LogP contribution in [0.1, 0.15) is 22.8 Å². The lowest BCUT2D eigenvalue weighted by Crippen LogP contribution is -2.05. The Balaban J connectivity index is 2.52. The fourth-order valence-corrected chi connectivity index (χ4v) is 2.88. The normalized spacial score (nSPS) is 12.3. The molecule has 0 fully saturated rings. The number of aliphatic hydroxyl groups excluding tert-OH is 1. The molecule has 0 aromatic heterocycles. The number of aryl methyl sites for hydroxylation is 1. The number of halogens is 3. The van der Waals surface area contributed by atoms with Crippen LogP contribution in [0.25, 0.3) is 0 Å². The van der Waals surface area contributed by atoms with Crippen molar-refractivity contribution in [3.63, 3.8) is 0 Å². The van der Waals surface area contributed by atoms with Gasteiger partial charge in [0, 0.05) is 16.1 Å². The van der Waals surface area contributed by atoms with Crippen molar-refractivity contribution in [2.75, 3.05) is 7.11 Å². The third-order valence-corrected chi connectivity index (χ3v) is 4.19. The molecule has 1 N–H and O–H groups in total. The van der Waals surface area contributed by atoms with Crippen molar-refractivity contribution in [1.82, 2.24) is 0 Å². The lowest BCUT2D eigenvalue weighted by molar-refractivity contribution is 0.213. The van der Waals surface area contributed by atoms with Crippen LogP contribution < -0.4 is 4.74 Å². The first kappa shape index (κ1) is 15.5. The van der Waals surface area contributed by atoms with Crippen LogP contribution in [0.5, 0.6) is 5.75 Å². The summed E-state index contributed by atoms with van der Waals surface area (Å²) < 4.78 is 19.9. The molecule has 0 aliphatic heterocycles. The molecule has 0 radical (unpaired) electrons. The van der Waals surface area contributed by atoms with Crippen molar-refractivity contribution in [2.45, 2.75) is 13.0 Å². The van der Waals surface area contributed by atoms with Crippen LogP contribution in [0.4, 0.5) is 4.39 Å². The van der Waals surface area contributed by atoms with Gasteiger partial charge in [-0.05, 0) is 52.2 Å². The topological polar surface area (TPSA) is 29.5 Å². The maximum absolute atomic E-state index is 13.5. The highest BCUT2D eigenvalue weighted by Gasteiger charge is 2.19. The van der Waals surface area contributed by atoms with Gasteiger partial charge in [-0.15, -0.1) is 0 Å². The standard InChI is InChI=1S/C15H13Br2FO2/c1-8-5-9(16)3-4-10(8)15(19)11-6-12(17)13(18)7-14(11)20-2/h3-7,15,19H,1-2H3. The Labute approximate surface area is 133 Å². The summed E-state index contributed by atoms with van der Waals surface area (Å²) in [6, 6.07) is 8.41. The molecule has 106 valence electrons. The average molecular weight is 404 g/mol. The van der Waals surface area contributed by atoms with Crippen molar-refractivity contribution in [3.8, 4) is 5.75 Å². The first-order valence-corrected chi connectivity index (χ1v) is 7.49. The van der Waals surface area contributed by atoms with E-state index in [1.165, 1.54) is 13.2 Å². The summed E-state index contributed by atoms with van der Waals surface area (Å²) in [5.74, 6) is -0.106. The summed E-state index contributed by atoms with van der Waals surface area (Å²) >= 11 is 6.52. The van der Waals surface area contributed by atoms with E-state index in [1.807, 2.05) is 25.1 Å². The highest BCUT2D eigenvalue weighted by atomic mass is 79.9. The second-order valence-electron chi connectivity index (χ2n) is 4.41. The Kier molecular flexibility index (Phi) is 4.83. The van der Waals surface area contributed by atoms with Gasteiger partial charge in [-0.25, -0.2) is 4.39 Å². The van der Waals surface area contributed by atoms with Gasteiger partial charge in [-0.2, -0.15) is 0 Å².